The Kier molecular flexibility index (Phi) is 7.84. The van der Waals surface area contributed by atoms with Gasteiger partial charge in [0.2, 0.25) is 5.91 Å². The number of nitrogens with zero attached hydrogens (tertiary/aromatic N) is 1. The van der Waals surface area contributed by atoms with E-state index in [1.54, 1.807) is 12.2 Å². The second-order valence-electron chi connectivity index (χ2n) is 3.12. The summed E-state index contributed by atoms with van der Waals surface area (Å²) in [5, 5.41) is 2.83. The Morgan fingerprint density at radius 1 is 1.36 bits per heavy atom. The van der Waals surface area contributed by atoms with E-state index in [0.29, 0.717) is 19.6 Å². The van der Waals surface area contributed by atoms with Crippen LogP contribution >= 0.6 is 0 Å². The summed E-state index contributed by atoms with van der Waals surface area (Å²) in [7, 11) is 0. The first-order valence-corrected chi connectivity index (χ1v) is 4.95. The van der Waals surface area contributed by atoms with Crippen LogP contribution in [-0.4, -0.2) is 37.0 Å². The van der Waals surface area contributed by atoms with E-state index < -0.39 is 0 Å². The van der Waals surface area contributed by atoms with E-state index in [1.807, 2.05) is 11.8 Å². The lowest BCUT2D eigenvalue weighted by molar-refractivity contribution is -0.122. The third-order valence-electron chi connectivity index (χ3n) is 1.71. The predicted molar refractivity (Wildman–Crippen MR) is 60.1 cm³/mol. The van der Waals surface area contributed by atoms with Gasteiger partial charge in [0.1, 0.15) is 0 Å². The molecule has 0 saturated carbocycles. The third kappa shape index (κ3) is 6.43. The summed E-state index contributed by atoms with van der Waals surface area (Å²) < 4.78 is 0. The molecule has 0 spiro atoms. The molecule has 0 aromatic heterocycles. The lowest BCUT2D eigenvalue weighted by atomic mass is 10.4. The molecule has 0 heterocycles. The summed E-state index contributed by atoms with van der Waals surface area (Å²) in [5.41, 5.74) is 0. The number of carbonyl (C=O) groups excluding carboxylic acids is 1. The topological polar surface area (TPSA) is 32.3 Å². The van der Waals surface area contributed by atoms with E-state index in [2.05, 4.69) is 18.5 Å². The van der Waals surface area contributed by atoms with Crippen LogP contribution < -0.4 is 5.32 Å². The van der Waals surface area contributed by atoms with Crippen molar-refractivity contribution in [1.82, 2.24) is 10.2 Å². The molecule has 0 aromatic rings. The molecule has 0 bridgehead atoms. The second-order valence-corrected chi connectivity index (χ2v) is 3.12. The van der Waals surface area contributed by atoms with Gasteiger partial charge in [0.15, 0.2) is 0 Å². The molecule has 0 aliphatic heterocycles. The Balaban J connectivity index is 3.81. The van der Waals surface area contributed by atoms with Crippen molar-refractivity contribution in [2.75, 3.05) is 26.2 Å². The standard InChI is InChI=1S/C11H20N2O/c1-4-7-12-11(14)10-13(8-5-2)9-6-3/h5-6H,2-4,7-10H2,1H3,(H,12,14). The lowest BCUT2D eigenvalue weighted by Gasteiger charge is -2.17. The van der Waals surface area contributed by atoms with Crippen molar-refractivity contribution >= 4 is 5.91 Å². The van der Waals surface area contributed by atoms with Gasteiger partial charge < -0.3 is 5.32 Å². The van der Waals surface area contributed by atoms with Crippen molar-refractivity contribution in [3.8, 4) is 0 Å². The SMILES string of the molecule is C=CCN(CC=C)CC(=O)NCCC. The Morgan fingerprint density at radius 3 is 2.36 bits per heavy atom. The average Bonchev–Trinajstić information content (AvgIpc) is 2.15. The molecule has 80 valence electrons. The molecule has 0 aliphatic carbocycles. The van der Waals surface area contributed by atoms with Crippen molar-refractivity contribution in [2.24, 2.45) is 0 Å². The molecule has 0 rings (SSSR count). The minimum absolute atomic E-state index is 0.0653. The quantitative estimate of drug-likeness (QED) is 0.591. The fraction of sp³-hybridized carbons (Fsp3) is 0.545. The van der Waals surface area contributed by atoms with E-state index in [0.717, 1.165) is 13.0 Å². The van der Waals surface area contributed by atoms with Gasteiger partial charge in [-0.05, 0) is 6.42 Å². The van der Waals surface area contributed by atoms with Crippen LogP contribution in [0.3, 0.4) is 0 Å². The zero-order chi connectivity index (χ0) is 10.8. The van der Waals surface area contributed by atoms with Crippen molar-refractivity contribution in [2.45, 2.75) is 13.3 Å². The van der Waals surface area contributed by atoms with E-state index in [9.17, 15) is 4.79 Å². The highest BCUT2D eigenvalue weighted by molar-refractivity contribution is 5.77. The molecule has 0 aromatic carbocycles. The van der Waals surface area contributed by atoms with Gasteiger partial charge >= 0.3 is 0 Å². The number of nitrogens with one attached hydrogen (secondary N) is 1. The zero-order valence-electron chi connectivity index (χ0n) is 8.96. The lowest BCUT2D eigenvalue weighted by Crippen LogP contribution is -2.37. The fourth-order valence-corrected chi connectivity index (χ4v) is 1.09. The molecule has 14 heavy (non-hydrogen) atoms. The molecule has 0 unspecified atom stereocenters. The molecule has 1 amide bonds. The first kappa shape index (κ1) is 12.9. The average molecular weight is 196 g/mol. The third-order valence-corrected chi connectivity index (χ3v) is 1.71. The molecule has 0 fully saturated rings. The van der Waals surface area contributed by atoms with E-state index in [4.69, 9.17) is 0 Å². The van der Waals surface area contributed by atoms with Crippen LogP contribution in [0.4, 0.5) is 0 Å². The number of carbonyl (C=O) groups is 1. The van der Waals surface area contributed by atoms with Gasteiger partial charge in [-0.15, -0.1) is 13.2 Å². The largest absolute Gasteiger partial charge is 0.355 e. The van der Waals surface area contributed by atoms with E-state index in [1.165, 1.54) is 0 Å². The second kappa shape index (κ2) is 8.51. The minimum Gasteiger partial charge on any atom is -0.355 e. The molecule has 0 atom stereocenters. The summed E-state index contributed by atoms with van der Waals surface area (Å²) in [6.45, 7) is 11.9. The van der Waals surface area contributed by atoms with Crippen LogP contribution in [0.1, 0.15) is 13.3 Å². The summed E-state index contributed by atoms with van der Waals surface area (Å²) >= 11 is 0. The van der Waals surface area contributed by atoms with Gasteiger partial charge in [-0.25, -0.2) is 0 Å². The van der Waals surface area contributed by atoms with Crippen molar-refractivity contribution in [1.29, 1.82) is 0 Å². The summed E-state index contributed by atoms with van der Waals surface area (Å²) in [6.07, 6.45) is 4.54. The molecule has 0 aliphatic rings. The number of amides is 1. The van der Waals surface area contributed by atoms with Crippen molar-refractivity contribution in [3.05, 3.63) is 25.3 Å². The van der Waals surface area contributed by atoms with Crippen molar-refractivity contribution in [3.63, 3.8) is 0 Å². The van der Waals surface area contributed by atoms with Crippen LogP contribution in [0.2, 0.25) is 0 Å². The fourth-order valence-electron chi connectivity index (χ4n) is 1.09. The van der Waals surface area contributed by atoms with Gasteiger partial charge in [-0.2, -0.15) is 0 Å². The van der Waals surface area contributed by atoms with E-state index in [-0.39, 0.29) is 5.91 Å². The minimum atomic E-state index is 0.0653. The van der Waals surface area contributed by atoms with Gasteiger partial charge in [0.05, 0.1) is 6.54 Å². The molecule has 0 radical (unpaired) electrons. The number of rotatable bonds is 8. The Morgan fingerprint density at radius 2 is 1.93 bits per heavy atom. The van der Waals surface area contributed by atoms with Gasteiger partial charge in [0.25, 0.3) is 0 Å². The van der Waals surface area contributed by atoms with Crippen LogP contribution in [0.15, 0.2) is 25.3 Å². The van der Waals surface area contributed by atoms with Crippen LogP contribution in [0.25, 0.3) is 0 Å². The smallest absolute Gasteiger partial charge is 0.234 e. The normalized spacial score (nSPS) is 9.86. The molecule has 3 nitrogen and oxygen atoms in total. The first-order chi connectivity index (χ1) is 6.74. The van der Waals surface area contributed by atoms with Crippen LogP contribution in [-0.2, 0) is 4.79 Å². The highest BCUT2D eigenvalue weighted by atomic mass is 16.2. The summed E-state index contributed by atoms with van der Waals surface area (Å²) in [6, 6.07) is 0. The van der Waals surface area contributed by atoms with Crippen LogP contribution in [0, 0.1) is 0 Å². The highest BCUT2D eigenvalue weighted by Gasteiger charge is 2.06. The summed E-state index contributed by atoms with van der Waals surface area (Å²) in [5.74, 6) is 0.0653. The Labute approximate surface area is 86.5 Å². The maximum absolute atomic E-state index is 11.3. The first-order valence-electron chi connectivity index (χ1n) is 4.95. The molecular formula is C11H20N2O. The van der Waals surface area contributed by atoms with Crippen LogP contribution in [0.5, 0.6) is 0 Å². The van der Waals surface area contributed by atoms with Gasteiger partial charge in [0, 0.05) is 19.6 Å². The zero-order valence-corrected chi connectivity index (χ0v) is 8.96. The highest BCUT2D eigenvalue weighted by Crippen LogP contribution is 1.88. The molecule has 0 saturated heterocycles. The van der Waals surface area contributed by atoms with Gasteiger partial charge in [-0.3, -0.25) is 9.69 Å². The Hall–Kier alpha value is -1.09. The predicted octanol–water partition coefficient (Wildman–Crippen LogP) is 1.19. The molecule has 1 N–H and O–H groups in total. The summed E-state index contributed by atoms with van der Waals surface area (Å²) in [4.78, 5) is 13.3. The maximum Gasteiger partial charge on any atom is 0.234 e. The van der Waals surface area contributed by atoms with Crippen molar-refractivity contribution < 1.29 is 4.79 Å². The number of hydrogen-bond acceptors (Lipinski definition) is 2. The van der Waals surface area contributed by atoms with Gasteiger partial charge in [-0.1, -0.05) is 19.1 Å². The monoisotopic (exact) mass is 196 g/mol. The Bertz CT molecular complexity index is 180. The molecular weight excluding hydrogens is 176 g/mol. The molecule has 3 heteroatoms. The number of hydrogen-bond donors (Lipinski definition) is 1. The van der Waals surface area contributed by atoms with E-state index >= 15 is 0 Å². The maximum atomic E-state index is 11.3.